The summed E-state index contributed by atoms with van der Waals surface area (Å²) in [5.41, 5.74) is 10.3. The minimum absolute atomic E-state index is 0.228. The van der Waals surface area contributed by atoms with E-state index >= 15 is 0 Å². The minimum Gasteiger partial charge on any atom is -0.0755 e. The van der Waals surface area contributed by atoms with Gasteiger partial charge in [0, 0.05) is 11.3 Å². The van der Waals surface area contributed by atoms with Crippen molar-refractivity contribution in [2.45, 2.75) is 116 Å². The van der Waals surface area contributed by atoms with Gasteiger partial charge in [0.05, 0.1) is 0 Å². The second-order valence-corrected chi connectivity index (χ2v) is 11.9. The molecule has 1 aliphatic rings. The van der Waals surface area contributed by atoms with Crippen LogP contribution in [0.4, 0.5) is 0 Å². The third kappa shape index (κ3) is 6.88. The van der Waals surface area contributed by atoms with Crippen LogP contribution < -0.4 is 0 Å². The molecule has 0 amide bonds. The topological polar surface area (TPSA) is 0 Å². The molecule has 0 aromatic heterocycles. The van der Waals surface area contributed by atoms with Crippen LogP contribution in [0.15, 0.2) is 91.0 Å². The first kappa shape index (κ1) is 30.1. The summed E-state index contributed by atoms with van der Waals surface area (Å²) in [6, 6.07) is 26.3. The van der Waals surface area contributed by atoms with Gasteiger partial charge in [-0.15, -0.1) is 0 Å². The maximum atomic E-state index is 2.56. The Morgan fingerprint density at radius 3 is 1.80 bits per heavy atom. The molecule has 0 spiro atoms. The molecule has 0 aliphatic heterocycles. The first-order valence-corrected chi connectivity index (χ1v) is 16.3. The van der Waals surface area contributed by atoms with Crippen LogP contribution >= 0.6 is 0 Å². The number of hydrogen-bond donors (Lipinski definition) is 0. The van der Waals surface area contributed by atoms with Crippen molar-refractivity contribution in [3.63, 3.8) is 0 Å². The molecule has 2 unspecified atom stereocenters. The Bertz CT molecular complexity index is 1240. The predicted octanol–water partition coefficient (Wildman–Crippen LogP) is 11.3. The predicted molar refractivity (Wildman–Crippen MR) is 176 cm³/mol. The van der Waals surface area contributed by atoms with Crippen molar-refractivity contribution in [3.8, 4) is 0 Å². The highest BCUT2D eigenvalue weighted by molar-refractivity contribution is 5.58. The Kier molecular flexibility index (Phi) is 11.5. The lowest BCUT2D eigenvalue weighted by atomic mass is 9.60. The zero-order valence-electron chi connectivity index (χ0n) is 25.7. The van der Waals surface area contributed by atoms with Gasteiger partial charge >= 0.3 is 0 Å². The van der Waals surface area contributed by atoms with E-state index in [9.17, 15) is 0 Å². The summed E-state index contributed by atoms with van der Waals surface area (Å²) in [7, 11) is 0. The molecule has 0 saturated heterocycles. The smallest absolute Gasteiger partial charge is 0.0490 e. The molecule has 212 valence electrons. The first-order chi connectivity index (χ1) is 19.7. The van der Waals surface area contributed by atoms with Crippen LogP contribution in [0.3, 0.4) is 0 Å². The van der Waals surface area contributed by atoms with Crippen LogP contribution in [-0.4, -0.2) is 0 Å². The average Bonchev–Trinajstić information content (AvgIpc) is 3.01. The number of benzene rings is 3. The largest absolute Gasteiger partial charge is 0.0755 e. The Morgan fingerprint density at radius 2 is 1.15 bits per heavy atom. The van der Waals surface area contributed by atoms with E-state index in [2.05, 4.69) is 119 Å². The van der Waals surface area contributed by atoms with Gasteiger partial charge in [-0.25, -0.2) is 0 Å². The monoisotopic (exact) mass is 532 g/mol. The number of hydrogen-bond acceptors (Lipinski definition) is 0. The number of aryl methyl sites for hydroxylation is 4. The molecule has 3 aromatic rings. The minimum atomic E-state index is -0.228. The van der Waals surface area contributed by atoms with E-state index in [0.717, 1.165) is 12.8 Å². The van der Waals surface area contributed by atoms with Crippen molar-refractivity contribution < 1.29 is 0 Å². The van der Waals surface area contributed by atoms with Crippen molar-refractivity contribution >= 4 is 0 Å². The SMILES string of the molecule is CCCCc1ccc(C2C=CC=CC2(c2ccccc2)c2ccc(CCCC)cc2CCCC)c(CCCC)c1. The van der Waals surface area contributed by atoms with E-state index in [1.54, 1.807) is 11.1 Å². The van der Waals surface area contributed by atoms with Crippen molar-refractivity contribution in [1.82, 2.24) is 0 Å². The lowest BCUT2D eigenvalue weighted by Crippen LogP contribution is -2.35. The van der Waals surface area contributed by atoms with Crippen molar-refractivity contribution in [2.75, 3.05) is 0 Å². The Morgan fingerprint density at radius 1 is 0.575 bits per heavy atom. The maximum absolute atomic E-state index is 2.56. The summed E-state index contributed by atoms with van der Waals surface area (Å²) < 4.78 is 0. The highest BCUT2D eigenvalue weighted by Gasteiger charge is 2.42. The molecule has 0 saturated carbocycles. The van der Waals surface area contributed by atoms with E-state index in [-0.39, 0.29) is 11.3 Å². The van der Waals surface area contributed by atoms with Crippen LogP contribution in [0.2, 0.25) is 0 Å². The molecule has 0 heteroatoms. The Balaban J connectivity index is 1.93. The van der Waals surface area contributed by atoms with E-state index in [4.69, 9.17) is 0 Å². The third-order valence-electron chi connectivity index (χ3n) is 8.91. The van der Waals surface area contributed by atoms with Crippen molar-refractivity contribution in [2.24, 2.45) is 0 Å². The summed E-state index contributed by atoms with van der Waals surface area (Å²) >= 11 is 0. The van der Waals surface area contributed by atoms with Gasteiger partial charge in [0.25, 0.3) is 0 Å². The summed E-state index contributed by atoms with van der Waals surface area (Å²) in [4.78, 5) is 0. The fraction of sp³-hybridized carbons (Fsp3) is 0.450. The van der Waals surface area contributed by atoms with Crippen LogP contribution in [0.25, 0.3) is 0 Å². The highest BCUT2D eigenvalue weighted by atomic mass is 14.4. The average molecular weight is 533 g/mol. The quantitative estimate of drug-likeness (QED) is 0.183. The molecule has 0 nitrogen and oxygen atoms in total. The van der Waals surface area contributed by atoms with Gasteiger partial charge in [-0.2, -0.15) is 0 Å². The highest BCUT2D eigenvalue weighted by Crippen LogP contribution is 2.50. The lowest BCUT2D eigenvalue weighted by Gasteiger charge is -2.42. The van der Waals surface area contributed by atoms with Gasteiger partial charge in [0.2, 0.25) is 0 Å². The fourth-order valence-corrected chi connectivity index (χ4v) is 6.63. The zero-order chi connectivity index (χ0) is 28.2. The van der Waals surface area contributed by atoms with Crippen LogP contribution in [0, 0.1) is 0 Å². The molecule has 0 bridgehead atoms. The zero-order valence-corrected chi connectivity index (χ0v) is 25.7. The standard InChI is InChI=1S/C40H52/c1-5-9-18-32-25-27-37(34(30-32)20-11-7-3)39-24-16-17-29-40(39,36-22-14-13-15-23-36)38-28-26-33(19-10-6-2)31-35(38)21-12-8-4/h13-17,22-31,39H,5-12,18-21H2,1-4H3. The molecule has 3 aromatic carbocycles. The molecule has 0 N–H and O–H groups in total. The maximum Gasteiger partial charge on any atom is 0.0490 e. The number of rotatable bonds is 15. The molecular weight excluding hydrogens is 480 g/mol. The van der Waals surface area contributed by atoms with Gasteiger partial charge in [0.15, 0.2) is 0 Å². The summed E-state index contributed by atoms with van der Waals surface area (Å²) in [6.07, 6.45) is 24.2. The molecule has 4 rings (SSSR count). The number of unbranched alkanes of at least 4 members (excludes halogenated alkanes) is 4. The second-order valence-electron chi connectivity index (χ2n) is 11.9. The first-order valence-electron chi connectivity index (χ1n) is 16.3. The van der Waals surface area contributed by atoms with Gasteiger partial charge < -0.3 is 0 Å². The molecule has 40 heavy (non-hydrogen) atoms. The molecule has 0 radical (unpaired) electrons. The molecular formula is C40H52. The summed E-state index contributed by atoms with van der Waals surface area (Å²) in [5, 5.41) is 0. The third-order valence-corrected chi connectivity index (χ3v) is 8.91. The molecule has 2 atom stereocenters. The molecule has 0 fully saturated rings. The molecule has 1 aliphatic carbocycles. The summed E-state index contributed by atoms with van der Waals surface area (Å²) in [5.74, 6) is 0.258. The van der Waals surface area contributed by atoms with E-state index in [1.807, 2.05) is 0 Å². The van der Waals surface area contributed by atoms with E-state index < -0.39 is 0 Å². The lowest BCUT2D eigenvalue weighted by molar-refractivity contribution is 0.552. The van der Waals surface area contributed by atoms with Gasteiger partial charge in [0.1, 0.15) is 0 Å². The van der Waals surface area contributed by atoms with Crippen molar-refractivity contribution in [1.29, 1.82) is 0 Å². The van der Waals surface area contributed by atoms with Crippen LogP contribution in [0.1, 0.15) is 124 Å². The van der Waals surface area contributed by atoms with E-state index in [1.165, 1.54) is 92.0 Å². The van der Waals surface area contributed by atoms with Gasteiger partial charge in [-0.3, -0.25) is 0 Å². The van der Waals surface area contributed by atoms with E-state index in [0.29, 0.717) is 0 Å². The Hall–Kier alpha value is -2.86. The fourth-order valence-electron chi connectivity index (χ4n) is 6.63. The van der Waals surface area contributed by atoms with Gasteiger partial charge in [-0.1, -0.05) is 144 Å². The second kappa shape index (κ2) is 15.2. The molecule has 0 heterocycles. The Labute approximate surface area is 245 Å². The number of allylic oxidation sites excluding steroid dienone is 4. The van der Waals surface area contributed by atoms with Crippen molar-refractivity contribution in [3.05, 3.63) is 130 Å². The summed E-state index contributed by atoms with van der Waals surface area (Å²) in [6.45, 7) is 9.23. The van der Waals surface area contributed by atoms with Crippen LogP contribution in [0.5, 0.6) is 0 Å². The van der Waals surface area contributed by atoms with Gasteiger partial charge in [-0.05, 0) is 90.3 Å². The van der Waals surface area contributed by atoms with Crippen LogP contribution in [-0.2, 0) is 31.1 Å². The normalized spacial score (nSPS) is 18.4.